The van der Waals surface area contributed by atoms with Crippen molar-refractivity contribution < 1.29 is 9.59 Å². The summed E-state index contributed by atoms with van der Waals surface area (Å²) in [6, 6.07) is 1.86. The van der Waals surface area contributed by atoms with Gasteiger partial charge in [0, 0.05) is 6.20 Å². The maximum Gasteiger partial charge on any atom is 0.231 e. The van der Waals surface area contributed by atoms with Gasteiger partial charge in [-0.3, -0.25) is 9.59 Å². The number of Topliss-reactive ketones (excluding diaryl/α,β-unsaturated/α-hetero) is 1. The number of allylic oxidation sites excluding steroid dienone is 1. The van der Waals surface area contributed by atoms with Crippen molar-refractivity contribution in [3.8, 4) is 12.3 Å². The van der Waals surface area contributed by atoms with Gasteiger partial charge in [-0.25, -0.2) is 0 Å². The molecule has 1 aliphatic heterocycles. The van der Waals surface area contributed by atoms with E-state index in [0.717, 1.165) is 18.4 Å². The fourth-order valence-electron chi connectivity index (χ4n) is 2.94. The highest BCUT2D eigenvalue weighted by atomic mass is 16.2. The van der Waals surface area contributed by atoms with Crippen LogP contribution in [0.3, 0.4) is 0 Å². The van der Waals surface area contributed by atoms with Gasteiger partial charge in [-0.1, -0.05) is 12.8 Å². The minimum Gasteiger partial charge on any atom is -0.331 e. The lowest BCUT2D eigenvalue weighted by atomic mass is 9.94. The summed E-state index contributed by atoms with van der Waals surface area (Å²) in [7, 11) is 0. The van der Waals surface area contributed by atoms with Crippen LogP contribution in [0, 0.1) is 12.3 Å². The lowest BCUT2D eigenvalue weighted by molar-refractivity contribution is -0.125. The number of nitrogens with one attached hydrogen (secondary N) is 1. The number of nitrogens with zero attached hydrogens (tertiary/aromatic N) is 2. The van der Waals surface area contributed by atoms with Crippen LogP contribution in [0.25, 0.3) is 5.57 Å². The van der Waals surface area contributed by atoms with E-state index in [0.29, 0.717) is 22.9 Å². The van der Waals surface area contributed by atoms with E-state index >= 15 is 0 Å². The van der Waals surface area contributed by atoms with Gasteiger partial charge in [0.15, 0.2) is 5.78 Å². The van der Waals surface area contributed by atoms with Crippen LogP contribution < -0.4 is 5.32 Å². The molecule has 0 radical (unpaired) electrons. The second-order valence-electron chi connectivity index (χ2n) is 5.38. The average molecular weight is 281 g/mol. The topological polar surface area (TPSA) is 72.0 Å². The van der Waals surface area contributed by atoms with E-state index in [9.17, 15) is 9.59 Å². The summed E-state index contributed by atoms with van der Waals surface area (Å²) in [4.78, 5) is 23.1. The van der Waals surface area contributed by atoms with E-state index in [1.54, 1.807) is 0 Å². The number of carbonyl (C=O) groups is 2. The molecule has 0 atom stereocenters. The molecule has 106 valence electrons. The first kappa shape index (κ1) is 13.5. The molecule has 3 rings (SSSR count). The molecule has 1 amide bonds. The van der Waals surface area contributed by atoms with Crippen molar-refractivity contribution in [1.82, 2.24) is 15.5 Å². The van der Waals surface area contributed by atoms with Gasteiger partial charge in [0.1, 0.15) is 5.69 Å². The van der Waals surface area contributed by atoms with E-state index < -0.39 is 0 Å². The average Bonchev–Trinajstić information content (AvgIpc) is 3.01. The predicted octanol–water partition coefficient (Wildman–Crippen LogP) is 1.55. The largest absolute Gasteiger partial charge is 0.331 e. The zero-order chi connectivity index (χ0) is 14.8. The van der Waals surface area contributed by atoms with Crippen LogP contribution >= 0.6 is 0 Å². The molecule has 1 N–H and O–H groups in total. The first-order chi connectivity index (χ1) is 10.2. The number of ketones is 1. The third-order valence-corrected chi connectivity index (χ3v) is 4.03. The summed E-state index contributed by atoms with van der Waals surface area (Å²) in [6.07, 6.45) is 11.3. The molecule has 0 unspecified atom stereocenters. The van der Waals surface area contributed by atoms with E-state index in [4.69, 9.17) is 6.42 Å². The van der Waals surface area contributed by atoms with Crippen molar-refractivity contribution in [3.63, 3.8) is 0 Å². The summed E-state index contributed by atoms with van der Waals surface area (Å²) in [5, 5.41) is 10.7. The molecule has 2 aliphatic rings. The number of hydrogen-bond donors (Lipinski definition) is 1. The molecule has 1 aromatic rings. The number of hydrogen-bond acceptors (Lipinski definition) is 4. The molecule has 21 heavy (non-hydrogen) atoms. The van der Waals surface area contributed by atoms with Gasteiger partial charge in [0.2, 0.25) is 5.91 Å². The Morgan fingerprint density at radius 2 is 2.00 bits per heavy atom. The SMILES string of the molecule is C#Cc1nnc(C2=CNC(=O)CC2=O)cc1C1CCCC1. The Hall–Kier alpha value is -2.48. The highest BCUT2D eigenvalue weighted by molar-refractivity contribution is 6.27. The van der Waals surface area contributed by atoms with Gasteiger partial charge < -0.3 is 5.32 Å². The van der Waals surface area contributed by atoms with Crippen molar-refractivity contribution in [2.45, 2.75) is 38.0 Å². The Labute approximate surface area is 122 Å². The number of amides is 1. The van der Waals surface area contributed by atoms with E-state index in [1.807, 2.05) is 6.07 Å². The molecule has 1 aliphatic carbocycles. The lowest BCUT2D eigenvalue weighted by Crippen LogP contribution is -2.27. The highest BCUT2D eigenvalue weighted by Gasteiger charge is 2.25. The van der Waals surface area contributed by atoms with Crippen molar-refractivity contribution in [1.29, 1.82) is 0 Å². The van der Waals surface area contributed by atoms with E-state index in [1.165, 1.54) is 19.0 Å². The van der Waals surface area contributed by atoms with Crippen molar-refractivity contribution in [2.75, 3.05) is 0 Å². The second-order valence-corrected chi connectivity index (χ2v) is 5.38. The maximum absolute atomic E-state index is 12.0. The van der Waals surface area contributed by atoms with Crippen molar-refractivity contribution in [2.24, 2.45) is 0 Å². The Morgan fingerprint density at radius 1 is 1.24 bits per heavy atom. The Balaban J connectivity index is 2.01. The molecular formula is C16H15N3O2. The van der Waals surface area contributed by atoms with Crippen LogP contribution in [-0.4, -0.2) is 21.9 Å². The quantitative estimate of drug-likeness (QED) is 0.659. The fourth-order valence-corrected chi connectivity index (χ4v) is 2.94. The van der Waals surface area contributed by atoms with Crippen LogP contribution in [0.15, 0.2) is 12.3 Å². The molecular weight excluding hydrogens is 266 g/mol. The van der Waals surface area contributed by atoms with Gasteiger partial charge >= 0.3 is 0 Å². The van der Waals surface area contributed by atoms with Gasteiger partial charge in [-0.15, -0.1) is 16.6 Å². The minimum absolute atomic E-state index is 0.150. The maximum atomic E-state index is 12.0. The molecule has 2 heterocycles. The van der Waals surface area contributed by atoms with Crippen LogP contribution in [0.1, 0.15) is 55.0 Å². The Kier molecular flexibility index (Phi) is 3.53. The van der Waals surface area contributed by atoms with Crippen molar-refractivity contribution >= 4 is 17.3 Å². The van der Waals surface area contributed by atoms with E-state index in [2.05, 4.69) is 21.4 Å². The van der Waals surface area contributed by atoms with Crippen LogP contribution in [-0.2, 0) is 9.59 Å². The fraction of sp³-hybridized carbons (Fsp3) is 0.375. The molecule has 0 saturated heterocycles. The van der Waals surface area contributed by atoms with E-state index in [-0.39, 0.29) is 18.1 Å². The predicted molar refractivity (Wildman–Crippen MR) is 76.9 cm³/mol. The molecule has 0 spiro atoms. The number of carbonyl (C=O) groups excluding carboxylic acids is 2. The summed E-state index contributed by atoms with van der Waals surface area (Å²) in [5.74, 6) is 2.43. The zero-order valence-electron chi connectivity index (χ0n) is 11.6. The molecule has 0 bridgehead atoms. The number of terminal acetylenes is 1. The van der Waals surface area contributed by atoms with Gasteiger partial charge in [-0.05, 0) is 36.3 Å². The Bertz CT molecular complexity index is 679. The second kappa shape index (κ2) is 5.49. The summed E-state index contributed by atoms with van der Waals surface area (Å²) >= 11 is 0. The molecule has 0 aromatic carbocycles. The third-order valence-electron chi connectivity index (χ3n) is 4.03. The molecule has 1 aromatic heterocycles. The smallest absolute Gasteiger partial charge is 0.231 e. The molecule has 1 fully saturated rings. The summed E-state index contributed by atoms with van der Waals surface area (Å²) in [6.45, 7) is 0. The van der Waals surface area contributed by atoms with Crippen LogP contribution in [0.2, 0.25) is 0 Å². The monoisotopic (exact) mass is 281 g/mol. The van der Waals surface area contributed by atoms with Crippen LogP contribution in [0.5, 0.6) is 0 Å². The first-order valence-corrected chi connectivity index (χ1v) is 7.06. The standard InChI is InChI=1S/C16H15N3O2/c1-2-13-11(10-5-3-4-6-10)7-14(19-18-13)12-9-17-16(21)8-15(12)20/h1,7,9-10H,3-6,8H2,(H,17,21). The Morgan fingerprint density at radius 3 is 2.67 bits per heavy atom. The van der Waals surface area contributed by atoms with Crippen LogP contribution in [0.4, 0.5) is 0 Å². The first-order valence-electron chi connectivity index (χ1n) is 7.06. The summed E-state index contributed by atoms with van der Waals surface area (Å²) < 4.78 is 0. The normalized spacial score (nSPS) is 19.1. The number of aromatic nitrogens is 2. The highest BCUT2D eigenvalue weighted by Crippen LogP contribution is 2.36. The van der Waals surface area contributed by atoms with Gasteiger partial charge in [0.25, 0.3) is 0 Å². The van der Waals surface area contributed by atoms with Gasteiger partial charge in [-0.2, -0.15) is 0 Å². The van der Waals surface area contributed by atoms with Gasteiger partial charge in [0.05, 0.1) is 17.7 Å². The number of rotatable bonds is 2. The molecule has 5 heteroatoms. The zero-order valence-corrected chi connectivity index (χ0v) is 11.6. The molecule has 5 nitrogen and oxygen atoms in total. The lowest BCUT2D eigenvalue weighted by Gasteiger charge is -2.15. The van der Waals surface area contributed by atoms with Crippen molar-refractivity contribution in [3.05, 3.63) is 29.2 Å². The summed E-state index contributed by atoms with van der Waals surface area (Å²) in [5.41, 5.74) is 2.43. The minimum atomic E-state index is -0.298. The molecule has 1 saturated carbocycles. The third kappa shape index (κ3) is 2.57.